The van der Waals surface area contributed by atoms with Crippen molar-refractivity contribution in [3.05, 3.63) is 75.0 Å². The smallest absolute Gasteiger partial charge is 0.267 e. The van der Waals surface area contributed by atoms with Gasteiger partial charge in [-0.2, -0.15) is 0 Å². The van der Waals surface area contributed by atoms with E-state index in [0.717, 1.165) is 23.1 Å². The summed E-state index contributed by atoms with van der Waals surface area (Å²) in [6.07, 6.45) is 3.13. The zero-order valence-corrected chi connectivity index (χ0v) is 18.8. The van der Waals surface area contributed by atoms with Gasteiger partial charge in [0, 0.05) is 12.7 Å². The number of pyridine rings is 1. The molecule has 3 heterocycles. The van der Waals surface area contributed by atoms with Gasteiger partial charge in [0.25, 0.3) is 11.5 Å². The molecule has 0 aliphatic carbocycles. The van der Waals surface area contributed by atoms with Gasteiger partial charge in [0.1, 0.15) is 21.5 Å². The van der Waals surface area contributed by atoms with E-state index in [2.05, 4.69) is 10.3 Å². The molecule has 2 aromatic heterocycles. The molecule has 32 heavy (non-hydrogen) atoms. The fourth-order valence-electron chi connectivity index (χ4n) is 3.22. The van der Waals surface area contributed by atoms with E-state index < -0.39 is 0 Å². The van der Waals surface area contributed by atoms with E-state index in [-0.39, 0.29) is 30.2 Å². The molecular weight excluding hydrogens is 448 g/mol. The molecule has 0 radical (unpaired) electrons. The van der Waals surface area contributed by atoms with Gasteiger partial charge in [0.05, 0.1) is 30.7 Å². The molecule has 1 aromatic carbocycles. The quantitative estimate of drug-likeness (QED) is 0.403. The maximum absolute atomic E-state index is 13.1. The van der Waals surface area contributed by atoms with E-state index in [1.54, 1.807) is 31.5 Å². The molecule has 0 saturated carbocycles. The van der Waals surface area contributed by atoms with Crippen molar-refractivity contribution in [1.29, 1.82) is 0 Å². The van der Waals surface area contributed by atoms with Crippen LogP contribution in [0.2, 0.25) is 0 Å². The number of nitrogens with one attached hydrogen (secondary N) is 1. The molecule has 3 aromatic rings. The number of anilines is 1. The van der Waals surface area contributed by atoms with Crippen LogP contribution in [0.1, 0.15) is 11.1 Å². The van der Waals surface area contributed by atoms with Gasteiger partial charge in [-0.1, -0.05) is 42.2 Å². The standard InChI is InChI=1S/C22H20N4O4S2/c1-30-15-7-5-14(6-8-15)13-26-21(29)17(32-22(26)31)12-16-19(23-9-11-27)24-18-4-2-3-10-25(18)20(16)28/h2-8,10,12,23,27H,9,11,13H2,1H3. The van der Waals surface area contributed by atoms with Crippen molar-refractivity contribution in [3.8, 4) is 5.75 Å². The van der Waals surface area contributed by atoms with Crippen molar-refractivity contribution in [2.45, 2.75) is 6.54 Å². The van der Waals surface area contributed by atoms with Crippen LogP contribution in [0.4, 0.5) is 5.82 Å². The number of aliphatic hydroxyl groups excluding tert-OH is 1. The molecule has 1 aliphatic rings. The summed E-state index contributed by atoms with van der Waals surface area (Å²) in [5, 5.41) is 12.2. The molecule has 1 fully saturated rings. The van der Waals surface area contributed by atoms with Crippen LogP contribution in [-0.4, -0.2) is 49.9 Å². The molecule has 1 saturated heterocycles. The van der Waals surface area contributed by atoms with E-state index in [1.165, 1.54) is 15.4 Å². The number of thioether (sulfide) groups is 1. The molecule has 10 heteroatoms. The Bertz CT molecular complexity index is 1270. The number of ether oxygens (including phenoxy) is 1. The van der Waals surface area contributed by atoms with E-state index >= 15 is 0 Å². The van der Waals surface area contributed by atoms with Gasteiger partial charge in [-0.3, -0.25) is 18.9 Å². The van der Waals surface area contributed by atoms with Crippen molar-refractivity contribution >= 4 is 51.7 Å². The molecule has 1 amide bonds. The first-order valence-electron chi connectivity index (χ1n) is 9.76. The highest BCUT2D eigenvalue weighted by Crippen LogP contribution is 2.34. The molecule has 0 unspecified atom stereocenters. The minimum Gasteiger partial charge on any atom is -0.497 e. The minimum atomic E-state index is -0.323. The highest BCUT2D eigenvalue weighted by Gasteiger charge is 2.32. The van der Waals surface area contributed by atoms with Crippen LogP contribution in [0.5, 0.6) is 5.75 Å². The van der Waals surface area contributed by atoms with Crippen LogP contribution in [0, 0.1) is 0 Å². The maximum atomic E-state index is 13.1. The second-order valence-corrected chi connectivity index (χ2v) is 8.55. The van der Waals surface area contributed by atoms with Crippen molar-refractivity contribution < 1.29 is 14.6 Å². The summed E-state index contributed by atoms with van der Waals surface area (Å²) in [4.78, 5) is 32.5. The van der Waals surface area contributed by atoms with Crippen molar-refractivity contribution in [2.75, 3.05) is 25.6 Å². The Morgan fingerprint density at radius 3 is 2.72 bits per heavy atom. The minimum absolute atomic E-state index is 0.126. The Hall–Kier alpha value is -3.21. The molecule has 4 rings (SSSR count). The molecule has 0 atom stereocenters. The summed E-state index contributed by atoms with van der Waals surface area (Å²) in [7, 11) is 1.59. The van der Waals surface area contributed by atoms with Gasteiger partial charge < -0.3 is 15.2 Å². The lowest BCUT2D eigenvalue weighted by Gasteiger charge is -2.14. The second kappa shape index (κ2) is 9.51. The number of aromatic nitrogens is 2. The molecule has 8 nitrogen and oxygen atoms in total. The zero-order valence-electron chi connectivity index (χ0n) is 17.1. The Morgan fingerprint density at radius 2 is 2.00 bits per heavy atom. The van der Waals surface area contributed by atoms with Gasteiger partial charge in [0.2, 0.25) is 0 Å². The number of carbonyl (C=O) groups excluding carboxylic acids is 1. The Labute approximate surface area is 193 Å². The molecule has 0 bridgehead atoms. The van der Waals surface area contributed by atoms with Gasteiger partial charge in [-0.05, 0) is 35.9 Å². The highest BCUT2D eigenvalue weighted by atomic mass is 32.2. The van der Waals surface area contributed by atoms with Crippen LogP contribution in [0.25, 0.3) is 11.7 Å². The van der Waals surface area contributed by atoms with Crippen molar-refractivity contribution in [2.24, 2.45) is 0 Å². The largest absolute Gasteiger partial charge is 0.497 e. The lowest BCUT2D eigenvalue weighted by atomic mass is 10.2. The Kier molecular flexibility index (Phi) is 6.54. The van der Waals surface area contributed by atoms with Crippen molar-refractivity contribution in [1.82, 2.24) is 14.3 Å². The second-order valence-electron chi connectivity index (χ2n) is 6.87. The van der Waals surface area contributed by atoms with E-state index in [9.17, 15) is 14.7 Å². The van der Waals surface area contributed by atoms with Gasteiger partial charge >= 0.3 is 0 Å². The number of hydrogen-bond acceptors (Lipinski definition) is 8. The van der Waals surface area contributed by atoms with Crippen LogP contribution in [-0.2, 0) is 11.3 Å². The van der Waals surface area contributed by atoms with Gasteiger partial charge in [-0.15, -0.1) is 0 Å². The summed E-state index contributed by atoms with van der Waals surface area (Å²) in [6, 6.07) is 12.6. The summed E-state index contributed by atoms with van der Waals surface area (Å²) in [5.74, 6) is 0.753. The first kappa shape index (κ1) is 22.0. The number of hydrogen-bond donors (Lipinski definition) is 2. The third-order valence-corrected chi connectivity index (χ3v) is 6.20. The average molecular weight is 469 g/mol. The number of rotatable bonds is 7. The lowest BCUT2D eigenvalue weighted by molar-refractivity contribution is -0.122. The average Bonchev–Trinajstić information content (AvgIpc) is 3.07. The highest BCUT2D eigenvalue weighted by molar-refractivity contribution is 8.26. The van der Waals surface area contributed by atoms with Crippen molar-refractivity contribution in [3.63, 3.8) is 0 Å². The van der Waals surface area contributed by atoms with E-state index in [0.29, 0.717) is 27.2 Å². The maximum Gasteiger partial charge on any atom is 0.267 e. The predicted molar refractivity (Wildman–Crippen MR) is 129 cm³/mol. The first-order valence-corrected chi connectivity index (χ1v) is 11.0. The Balaban J connectivity index is 1.68. The van der Waals surface area contributed by atoms with E-state index in [4.69, 9.17) is 17.0 Å². The molecule has 1 aliphatic heterocycles. The van der Waals surface area contributed by atoms with Crippen LogP contribution < -0.4 is 15.6 Å². The number of methoxy groups -OCH3 is 1. The zero-order chi connectivity index (χ0) is 22.7. The third kappa shape index (κ3) is 4.38. The summed E-state index contributed by atoms with van der Waals surface area (Å²) in [5.41, 5.74) is 1.27. The van der Waals surface area contributed by atoms with Crippen LogP contribution in [0.15, 0.2) is 58.4 Å². The SMILES string of the molecule is COc1ccc(CN2C(=O)C(=Cc3c(NCCO)nc4ccccn4c3=O)SC2=S)cc1. The molecule has 2 N–H and O–H groups in total. The summed E-state index contributed by atoms with van der Waals surface area (Å²) in [6.45, 7) is 0.407. The third-order valence-electron chi connectivity index (χ3n) is 4.82. The van der Waals surface area contributed by atoms with Gasteiger partial charge in [-0.25, -0.2) is 4.98 Å². The number of nitrogens with zero attached hydrogens (tertiary/aromatic N) is 3. The topological polar surface area (TPSA) is 96.2 Å². The monoisotopic (exact) mass is 468 g/mol. The van der Waals surface area contributed by atoms with Crippen LogP contribution in [0.3, 0.4) is 0 Å². The number of thiocarbonyl (C=S) groups is 1. The number of carbonyl (C=O) groups is 1. The molecule has 164 valence electrons. The molecule has 0 spiro atoms. The molecular formula is C22H20N4O4S2. The predicted octanol–water partition coefficient (Wildman–Crippen LogP) is 2.51. The summed E-state index contributed by atoms with van der Waals surface area (Å²) >= 11 is 6.57. The lowest BCUT2D eigenvalue weighted by Crippen LogP contribution is -2.27. The first-order chi connectivity index (χ1) is 15.5. The fourth-order valence-corrected chi connectivity index (χ4v) is 4.46. The normalized spacial score (nSPS) is 15.1. The number of benzene rings is 1. The van der Waals surface area contributed by atoms with Gasteiger partial charge in [0.15, 0.2) is 0 Å². The fraction of sp³-hybridized carbons (Fsp3) is 0.182. The summed E-state index contributed by atoms with van der Waals surface area (Å²) < 4.78 is 6.99. The Morgan fingerprint density at radius 1 is 1.22 bits per heavy atom. The number of aliphatic hydroxyl groups is 1. The van der Waals surface area contributed by atoms with E-state index in [1.807, 2.05) is 24.3 Å². The van der Waals surface area contributed by atoms with Crippen LogP contribution >= 0.6 is 24.0 Å². The number of fused-ring (bicyclic) bond motifs is 1. The number of amides is 1.